The third-order valence-corrected chi connectivity index (χ3v) is 5.36. The second-order valence-electron chi connectivity index (χ2n) is 7.04. The average Bonchev–Trinajstić information content (AvgIpc) is 3.26. The lowest BCUT2D eigenvalue weighted by molar-refractivity contribution is -0.117. The lowest BCUT2D eigenvalue weighted by atomic mass is 10.2. The summed E-state index contributed by atoms with van der Waals surface area (Å²) in [4.78, 5) is 26.4. The number of rotatable bonds is 5. The van der Waals surface area contributed by atoms with Gasteiger partial charge in [0.15, 0.2) is 0 Å². The first-order valence-corrected chi connectivity index (χ1v) is 9.89. The predicted octanol–water partition coefficient (Wildman–Crippen LogP) is 4.27. The zero-order valence-electron chi connectivity index (χ0n) is 16.1. The molecule has 1 aliphatic heterocycles. The fraction of sp³-hybridized carbons (Fsp3) is 0.227. The van der Waals surface area contributed by atoms with E-state index in [0.717, 1.165) is 24.2 Å². The van der Waals surface area contributed by atoms with Crippen molar-refractivity contribution in [2.45, 2.75) is 26.3 Å². The molecule has 29 heavy (non-hydrogen) atoms. The maximum Gasteiger partial charge on any atom is 0.260 e. The molecule has 6 nitrogen and oxygen atoms in total. The zero-order valence-corrected chi connectivity index (χ0v) is 16.8. The van der Waals surface area contributed by atoms with E-state index >= 15 is 0 Å². The maximum atomic E-state index is 12.8. The van der Waals surface area contributed by atoms with Crippen molar-refractivity contribution in [3.8, 4) is 0 Å². The number of hydrogen-bond acceptors (Lipinski definition) is 3. The third-order valence-electron chi connectivity index (χ3n) is 4.98. The Labute approximate surface area is 174 Å². The van der Waals surface area contributed by atoms with Gasteiger partial charge in [0.2, 0.25) is 5.91 Å². The summed E-state index contributed by atoms with van der Waals surface area (Å²) >= 11 is 6.46. The number of carbonyl (C=O) groups excluding carboxylic acids is 2. The van der Waals surface area contributed by atoms with E-state index in [4.69, 9.17) is 11.6 Å². The molecule has 1 fully saturated rings. The highest BCUT2D eigenvalue weighted by atomic mass is 35.5. The van der Waals surface area contributed by atoms with Gasteiger partial charge < -0.3 is 10.2 Å². The van der Waals surface area contributed by atoms with Gasteiger partial charge in [-0.15, -0.1) is 0 Å². The molecule has 0 atom stereocenters. The average molecular weight is 409 g/mol. The van der Waals surface area contributed by atoms with Crippen LogP contribution >= 0.6 is 11.6 Å². The van der Waals surface area contributed by atoms with E-state index in [9.17, 15) is 9.59 Å². The van der Waals surface area contributed by atoms with Gasteiger partial charge in [-0.1, -0.05) is 41.9 Å². The van der Waals surface area contributed by atoms with Crippen LogP contribution in [0.5, 0.6) is 0 Å². The number of halogens is 1. The maximum absolute atomic E-state index is 12.8. The molecule has 0 radical (unpaired) electrons. The summed E-state index contributed by atoms with van der Waals surface area (Å²) in [6, 6.07) is 17.1. The number of carbonyl (C=O) groups is 2. The molecule has 1 N–H and O–H groups in total. The van der Waals surface area contributed by atoms with Gasteiger partial charge in [0.25, 0.3) is 5.91 Å². The van der Waals surface area contributed by atoms with Crippen molar-refractivity contribution >= 4 is 34.8 Å². The number of hydrogen-bond donors (Lipinski definition) is 1. The van der Waals surface area contributed by atoms with Crippen LogP contribution in [0.4, 0.5) is 11.4 Å². The van der Waals surface area contributed by atoms with Crippen molar-refractivity contribution in [2.75, 3.05) is 16.8 Å². The first-order valence-electron chi connectivity index (χ1n) is 9.51. The van der Waals surface area contributed by atoms with Crippen molar-refractivity contribution in [3.63, 3.8) is 0 Å². The third kappa shape index (κ3) is 4.03. The number of amides is 2. The van der Waals surface area contributed by atoms with Crippen LogP contribution in [-0.2, 0) is 11.3 Å². The highest BCUT2D eigenvalue weighted by Crippen LogP contribution is 2.25. The Morgan fingerprint density at radius 2 is 1.86 bits per heavy atom. The Hall–Kier alpha value is -3.12. The number of benzene rings is 2. The summed E-state index contributed by atoms with van der Waals surface area (Å²) in [6.07, 6.45) is 1.46. The Morgan fingerprint density at radius 1 is 1.14 bits per heavy atom. The van der Waals surface area contributed by atoms with Gasteiger partial charge in [-0.05, 0) is 43.2 Å². The second kappa shape index (κ2) is 8.09. The highest BCUT2D eigenvalue weighted by molar-refractivity contribution is 6.33. The van der Waals surface area contributed by atoms with Crippen molar-refractivity contribution in [2.24, 2.45) is 0 Å². The van der Waals surface area contributed by atoms with Gasteiger partial charge in [-0.25, -0.2) is 4.68 Å². The molecule has 1 aliphatic rings. The molecule has 2 aromatic carbocycles. The molecule has 148 valence electrons. The fourth-order valence-corrected chi connectivity index (χ4v) is 3.83. The Morgan fingerprint density at radius 3 is 2.52 bits per heavy atom. The number of anilines is 2. The first kappa shape index (κ1) is 19.2. The first-order chi connectivity index (χ1) is 14.0. The highest BCUT2D eigenvalue weighted by Gasteiger charge is 2.23. The van der Waals surface area contributed by atoms with E-state index in [2.05, 4.69) is 10.4 Å². The Kier molecular flexibility index (Phi) is 5.36. The molecule has 7 heteroatoms. The Balaban J connectivity index is 1.49. The monoisotopic (exact) mass is 408 g/mol. The fourth-order valence-electron chi connectivity index (χ4n) is 3.51. The van der Waals surface area contributed by atoms with Crippen LogP contribution in [-0.4, -0.2) is 28.1 Å². The van der Waals surface area contributed by atoms with Crippen LogP contribution < -0.4 is 10.2 Å². The van der Waals surface area contributed by atoms with E-state index in [1.54, 1.807) is 28.6 Å². The summed E-state index contributed by atoms with van der Waals surface area (Å²) in [5, 5.41) is 7.60. The zero-order chi connectivity index (χ0) is 20.4. The van der Waals surface area contributed by atoms with E-state index in [-0.39, 0.29) is 11.8 Å². The molecule has 1 saturated heterocycles. The standard InChI is InChI=1S/C22H21ClN4O2/c1-15-20(21(23)27(25-15)14-16-6-3-2-4-7-16)22(29)24-17-9-11-18(12-10-17)26-13-5-8-19(26)28/h2-4,6-7,9-12H,5,8,13-14H2,1H3,(H,24,29). The van der Waals surface area contributed by atoms with Gasteiger partial charge in [-0.3, -0.25) is 9.59 Å². The van der Waals surface area contributed by atoms with Crippen molar-refractivity contribution in [3.05, 3.63) is 76.6 Å². The van der Waals surface area contributed by atoms with Crippen molar-refractivity contribution < 1.29 is 9.59 Å². The van der Waals surface area contributed by atoms with Crippen LogP contribution in [0.15, 0.2) is 54.6 Å². The summed E-state index contributed by atoms with van der Waals surface area (Å²) in [5.41, 5.74) is 3.46. The normalized spacial score (nSPS) is 13.7. The molecule has 2 amide bonds. The number of nitrogens with one attached hydrogen (secondary N) is 1. The largest absolute Gasteiger partial charge is 0.322 e. The molecule has 3 aromatic rings. The summed E-state index contributed by atoms with van der Waals surface area (Å²) in [6.45, 7) is 3.00. The number of aromatic nitrogens is 2. The van der Waals surface area contributed by atoms with E-state index in [1.807, 2.05) is 42.5 Å². The molecule has 0 bridgehead atoms. The minimum atomic E-state index is -0.309. The molecule has 4 rings (SSSR count). The van der Waals surface area contributed by atoms with Gasteiger partial charge in [0, 0.05) is 24.3 Å². The van der Waals surface area contributed by atoms with E-state index in [1.165, 1.54) is 0 Å². The molecule has 0 saturated carbocycles. The number of aryl methyl sites for hydroxylation is 1. The number of nitrogens with zero attached hydrogens (tertiary/aromatic N) is 3. The van der Waals surface area contributed by atoms with Crippen molar-refractivity contribution in [1.29, 1.82) is 0 Å². The predicted molar refractivity (Wildman–Crippen MR) is 114 cm³/mol. The molecule has 2 heterocycles. The van der Waals surface area contributed by atoms with Crippen LogP contribution in [0.25, 0.3) is 0 Å². The van der Waals surface area contributed by atoms with Crippen LogP contribution in [0.2, 0.25) is 5.15 Å². The smallest absolute Gasteiger partial charge is 0.260 e. The topological polar surface area (TPSA) is 67.2 Å². The quantitative estimate of drug-likeness (QED) is 0.685. The molecular weight excluding hydrogens is 388 g/mol. The summed E-state index contributed by atoms with van der Waals surface area (Å²) < 4.78 is 1.63. The van der Waals surface area contributed by atoms with Crippen molar-refractivity contribution in [1.82, 2.24) is 9.78 Å². The van der Waals surface area contributed by atoms with Gasteiger partial charge in [-0.2, -0.15) is 5.10 Å². The molecule has 0 spiro atoms. The van der Waals surface area contributed by atoms with Gasteiger partial charge in [0.1, 0.15) is 5.15 Å². The van der Waals surface area contributed by atoms with Gasteiger partial charge >= 0.3 is 0 Å². The van der Waals surface area contributed by atoms with Crippen LogP contribution in [0, 0.1) is 6.92 Å². The molecular formula is C22H21ClN4O2. The van der Waals surface area contributed by atoms with Crippen LogP contribution in [0.3, 0.4) is 0 Å². The molecule has 0 aliphatic carbocycles. The lowest BCUT2D eigenvalue weighted by Gasteiger charge is -2.16. The summed E-state index contributed by atoms with van der Waals surface area (Å²) in [7, 11) is 0. The SMILES string of the molecule is Cc1nn(Cc2ccccc2)c(Cl)c1C(=O)Nc1ccc(N2CCCC2=O)cc1. The molecule has 0 unspecified atom stereocenters. The van der Waals surface area contributed by atoms with Crippen LogP contribution in [0.1, 0.15) is 34.5 Å². The van der Waals surface area contributed by atoms with E-state index in [0.29, 0.717) is 35.1 Å². The molecule has 1 aromatic heterocycles. The van der Waals surface area contributed by atoms with Gasteiger partial charge in [0.05, 0.1) is 17.8 Å². The lowest BCUT2D eigenvalue weighted by Crippen LogP contribution is -2.23. The van der Waals surface area contributed by atoms with E-state index < -0.39 is 0 Å². The second-order valence-corrected chi connectivity index (χ2v) is 7.40. The summed E-state index contributed by atoms with van der Waals surface area (Å²) in [5.74, 6) is -0.174. The minimum absolute atomic E-state index is 0.134. The Bertz CT molecular complexity index is 1040. The minimum Gasteiger partial charge on any atom is -0.322 e.